The Balaban J connectivity index is 4.33. The molecule has 0 unspecified atom stereocenters. The van der Waals surface area contributed by atoms with E-state index in [0.717, 1.165) is 0 Å². The Morgan fingerprint density at radius 2 is 1.80 bits per heavy atom. The van der Waals surface area contributed by atoms with Crippen LogP contribution in [0.5, 0.6) is 0 Å². The molecule has 0 radical (unpaired) electrons. The Kier molecular flexibility index (Phi) is 3.25. The van der Waals surface area contributed by atoms with Gasteiger partial charge in [0.1, 0.15) is 11.7 Å². The highest BCUT2D eigenvalue weighted by molar-refractivity contribution is 5.78. The third kappa shape index (κ3) is 2.91. The van der Waals surface area contributed by atoms with Gasteiger partial charge in [0, 0.05) is 11.6 Å². The number of rotatable bonds is 3. The maximum absolute atomic E-state index is 12.3. The molecule has 0 fully saturated rings. The SMILES string of the molecule is C=C(F)/C=C(/F)C(=C)C=O. The van der Waals surface area contributed by atoms with Crippen LogP contribution in [0.2, 0.25) is 0 Å². The smallest absolute Gasteiger partial charge is 0.152 e. The lowest BCUT2D eigenvalue weighted by Gasteiger charge is -1.88. The van der Waals surface area contributed by atoms with Crippen molar-refractivity contribution in [3.63, 3.8) is 0 Å². The normalized spacial score (nSPS) is 10.8. The Morgan fingerprint density at radius 1 is 1.30 bits per heavy atom. The van der Waals surface area contributed by atoms with E-state index < -0.39 is 11.7 Å². The van der Waals surface area contributed by atoms with Gasteiger partial charge < -0.3 is 0 Å². The highest BCUT2D eigenvalue weighted by Gasteiger charge is 1.98. The minimum Gasteiger partial charge on any atom is -0.298 e. The quantitative estimate of drug-likeness (QED) is 0.336. The van der Waals surface area contributed by atoms with Crippen LogP contribution in [-0.2, 0) is 4.79 Å². The molecule has 0 aromatic carbocycles. The first-order valence-electron chi connectivity index (χ1n) is 2.44. The molecule has 54 valence electrons. The van der Waals surface area contributed by atoms with Gasteiger partial charge in [0.25, 0.3) is 0 Å². The summed E-state index contributed by atoms with van der Waals surface area (Å²) >= 11 is 0. The van der Waals surface area contributed by atoms with Gasteiger partial charge >= 0.3 is 0 Å². The average Bonchev–Trinajstić information content (AvgIpc) is 1.85. The standard InChI is InChI=1S/C7H6F2O/c1-5(4-10)7(9)3-6(2)8/h3-4H,1-2H2/b7-3+. The molecule has 0 aromatic heterocycles. The van der Waals surface area contributed by atoms with Crippen molar-refractivity contribution in [2.24, 2.45) is 0 Å². The van der Waals surface area contributed by atoms with Gasteiger partial charge in [0.15, 0.2) is 6.29 Å². The van der Waals surface area contributed by atoms with Crippen molar-refractivity contribution < 1.29 is 13.6 Å². The molecular weight excluding hydrogens is 138 g/mol. The first-order chi connectivity index (χ1) is 4.57. The lowest BCUT2D eigenvalue weighted by molar-refractivity contribution is -0.104. The van der Waals surface area contributed by atoms with Gasteiger partial charge in [-0.25, -0.2) is 8.78 Å². The van der Waals surface area contributed by atoms with Crippen LogP contribution >= 0.6 is 0 Å². The summed E-state index contributed by atoms with van der Waals surface area (Å²) < 4.78 is 24.1. The molecule has 0 aliphatic carbocycles. The number of halogens is 2. The van der Waals surface area contributed by atoms with Gasteiger partial charge in [0.05, 0.1) is 0 Å². The third-order valence-corrected chi connectivity index (χ3v) is 0.732. The molecule has 0 saturated carbocycles. The monoisotopic (exact) mass is 144 g/mol. The second-order valence-corrected chi connectivity index (χ2v) is 1.58. The number of carbonyl (C=O) groups is 1. The summed E-state index contributed by atoms with van der Waals surface area (Å²) in [7, 11) is 0. The molecule has 0 saturated heterocycles. The fourth-order valence-electron chi connectivity index (χ4n) is 0.286. The molecule has 0 aliphatic rings. The molecular formula is C7H6F2O. The highest BCUT2D eigenvalue weighted by atomic mass is 19.1. The van der Waals surface area contributed by atoms with Crippen LogP contribution < -0.4 is 0 Å². The summed E-state index contributed by atoms with van der Waals surface area (Å²) in [6, 6.07) is 0. The fourth-order valence-corrected chi connectivity index (χ4v) is 0.286. The van der Waals surface area contributed by atoms with E-state index >= 15 is 0 Å². The second kappa shape index (κ2) is 3.71. The predicted octanol–water partition coefficient (Wildman–Crippen LogP) is 2.08. The van der Waals surface area contributed by atoms with Crippen molar-refractivity contribution in [1.29, 1.82) is 0 Å². The van der Waals surface area contributed by atoms with Crippen molar-refractivity contribution >= 4 is 6.29 Å². The summed E-state index contributed by atoms with van der Waals surface area (Å²) in [5.41, 5.74) is -0.390. The molecule has 0 aliphatic heterocycles. The van der Waals surface area contributed by atoms with E-state index in [1.54, 1.807) is 0 Å². The van der Waals surface area contributed by atoms with E-state index in [2.05, 4.69) is 13.2 Å². The van der Waals surface area contributed by atoms with Crippen LogP contribution in [0.25, 0.3) is 0 Å². The van der Waals surface area contributed by atoms with E-state index in [1.165, 1.54) is 0 Å². The van der Waals surface area contributed by atoms with Gasteiger partial charge in [-0.05, 0) is 0 Å². The maximum Gasteiger partial charge on any atom is 0.152 e. The molecule has 0 rings (SSSR count). The lowest BCUT2D eigenvalue weighted by atomic mass is 10.3. The summed E-state index contributed by atoms with van der Waals surface area (Å²) in [4.78, 5) is 9.80. The van der Waals surface area contributed by atoms with Crippen LogP contribution in [0.3, 0.4) is 0 Å². The highest BCUT2D eigenvalue weighted by Crippen LogP contribution is 2.09. The second-order valence-electron chi connectivity index (χ2n) is 1.58. The van der Waals surface area contributed by atoms with Gasteiger partial charge in [-0.2, -0.15) is 0 Å². The molecule has 10 heavy (non-hydrogen) atoms. The molecule has 0 amide bonds. The van der Waals surface area contributed by atoms with Crippen molar-refractivity contribution in [2.75, 3.05) is 0 Å². The molecule has 3 heteroatoms. The summed E-state index contributed by atoms with van der Waals surface area (Å²) in [6.07, 6.45) is 0.700. The molecule has 0 aromatic rings. The fraction of sp³-hybridized carbons (Fsp3) is 0. The van der Waals surface area contributed by atoms with Gasteiger partial charge in [-0.3, -0.25) is 4.79 Å². The molecule has 0 heterocycles. The van der Waals surface area contributed by atoms with E-state index in [4.69, 9.17) is 0 Å². The van der Waals surface area contributed by atoms with E-state index in [-0.39, 0.29) is 11.9 Å². The largest absolute Gasteiger partial charge is 0.298 e. The van der Waals surface area contributed by atoms with Gasteiger partial charge in [0.2, 0.25) is 0 Å². The zero-order valence-corrected chi connectivity index (χ0v) is 5.23. The number of carbonyl (C=O) groups excluding carboxylic acids is 1. The van der Waals surface area contributed by atoms with E-state index in [9.17, 15) is 13.6 Å². The maximum atomic E-state index is 12.3. The minimum absolute atomic E-state index is 0.203. The van der Waals surface area contributed by atoms with Crippen molar-refractivity contribution in [1.82, 2.24) is 0 Å². The van der Waals surface area contributed by atoms with Crippen LogP contribution in [0.4, 0.5) is 8.78 Å². The van der Waals surface area contributed by atoms with E-state index in [0.29, 0.717) is 6.08 Å². The third-order valence-electron chi connectivity index (χ3n) is 0.732. The minimum atomic E-state index is -0.998. The number of hydrogen-bond acceptors (Lipinski definition) is 1. The molecule has 0 bridgehead atoms. The van der Waals surface area contributed by atoms with Crippen molar-refractivity contribution in [3.05, 3.63) is 36.5 Å². The number of hydrogen-bond donors (Lipinski definition) is 0. The Labute approximate surface area is 57.4 Å². The molecule has 0 N–H and O–H groups in total. The lowest BCUT2D eigenvalue weighted by Crippen LogP contribution is -1.81. The number of allylic oxidation sites excluding steroid dienone is 4. The molecule has 0 atom stereocenters. The van der Waals surface area contributed by atoms with Gasteiger partial charge in [-0.1, -0.05) is 13.2 Å². The van der Waals surface area contributed by atoms with Crippen LogP contribution in [0.15, 0.2) is 36.5 Å². The molecule has 0 spiro atoms. The van der Waals surface area contributed by atoms with Crippen molar-refractivity contribution in [3.8, 4) is 0 Å². The summed E-state index contributed by atoms with van der Waals surface area (Å²) in [5.74, 6) is -1.94. The topological polar surface area (TPSA) is 17.1 Å². The predicted molar refractivity (Wildman–Crippen MR) is 34.6 cm³/mol. The zero-order chi connectivity index (χ0) is 8.15. The average molecular weight is 144 g/mol. The first-order valence-corrected chi connectivity index (χ1v) is 2.44. The van der Waals surface area contributed by atoms with Crippen LogP contribution in [-0.4, -0.2) is 6.29 Å². The van der Waals surface area contributed by atoms with Crippen LogP contribution in [0.1, 0.15) is 0 Å². The first kappa shape index (κ1) is 8.75. The van der Waals surface area contributed by atoms with Crippen molar-refractivity contribution in [2.45, 2.75) is 0 Å². The Morgan fingerprint density at radius 3 is 2.10 bits per heavy atom. The zero-order valence-electron chi connectivity index (χ0n) is 5.23. The summed E-state index contributed by atoms with van der Waals surface area (Å²) in [6.45, 7) is 5.78. The van der Waals surface area contributed by atoms with Gasteiger partial charge in [-0.15, -0.1) is 0 Å². The van der Waals surface area contributed by atoms with Crippen LogP contribution in [0, 0.1) is 0 Å². The Hall–Kier alpha value is -1.25. The number of aldehydes is 1. The summed E-state index contributed by atoms with van der Waals surface area (Å²) in [5, 5.41) is 0. The van der Waals surface area contributed by atoms with E-state index in [1.807, 2.05) is 0 Å². The Bertz CT molecular complexity index is 204. The molecule has 1 nitrogen and oxygen atoms in total.